The summed E-state index contributed by atoms with van der Waals surface area (Å²) in [5.74, 6) is -0.424. The summed E-state index contributed by atoms with van der Waals surface area (Å²) >= 11 is 0. The maximum atomic E-state index is 15.6. The van der Waals surface area contributed by atoms with E-state index in [1.807, 2.05) is 24.3 Å². The number of pyridine rings is 2. The zero-order valence-corrected chi connectivity index (χ0v) is 16.8. The van der Waals surface area contributed by atoms with E-state index in [1.165, 1.54) is 18.6 Å². The Labute approximate surface area is 176 Å². The first-order valence-corrected chi connectivity index (χ1v) is 9.75. The van der Waals surface area contributed by atoms with E-state index in [0.29, 0.717) is 28.3 Å². The molecule has 0 aliphatic rings. The van der Waals surface area contributed by atoms with E-state index in [4.69, 9.17) is 0 Å². The lowest BCUT2D eigenvalue weighted by atomic mass is 10.1. The number of carbonyl (C=O) groups is 1. The average Bonchev–Trinajstić information content (AvgIpc) is 3.38. The summed E-state index contributed by atoms with van der Waals surface area (Å²) in [5.41, 5.74) is 3.44. The van der Waals surface area contributed by atoms with Gasteiger partial charge in [0.25, 0.3) is 0 Å². The van der Waals surface area contributed by atoms with E-state index in [0.717, 1.165) is 11.0 Å². The topological polar surface area (TPSA) is 112 Å². The van der Waals surface area contributed by atoms with Gasteiger partial charge in [0.2, 0.25) is 5.91 Å². The largest absolute Gasteiger partial charge is 0.337 e. The van der Waals surface area contributed by atoms with Gasteiger partial charge in [0.05, 0.1) is 40.0 Å². The molecule has 3 N–H and O–H groups in total. The molecular formula is C22H18FN7O. The zero-order valence-electron chi connectivity index (χ0n) is 16.8. The molecule has 9 heteroatoms. The maximum absolute atomic E-state index is 15.6. The number of amides is 1. The number of para-hydroxylation sites is 2. The molecule has 0 saturated heterocycles. The smallest absolute Gasteiger partial charge is 0.226 e. The molecular weight excluding hydrogens is 397 g/mol. The van der Waals surface area contributed by atoms with E-state index in [2.05, 4.69) is 35.5 Å². The quantitative estimate of drug-likeness (QED) is 0.405. The highest BCUT2D eigenvalue weighted by atomic mass is 19.1. The third kappa shape index (κ3) is 3.29. The number of imidazole rings is 1. The Morgan fingerprint density at radius 3 is 2.74 bits per heavy atom. The molecule has 154 valence electrons. The minimum atomic E-state index is -0.546. The van der Waals surface area contributed by atoms with Crippen LogP contribution in [0.15, 0.2) is 48.9 Å². The van der Waals surface area contributed by atoms with Crippen molar-refractivity contribution in [2.75, 3.05) is 5.32 Å². The van der Waals surface area contributed by atoms with Gasteiger partial charge in [-0.05, 0) is 18.2 Å². The Kier molecular flexibility index (Phi) is 4.43. The van der Waals surface area contributed by atoms with Crippen molar-refractivity contribution in [3.63, 3.8) is 0 Å². The van der Waals surface area contributed by atoms with Crippen LogP contribution in [0.25, 0.3) is 44.7 Å². The minimum Gasteiger partial charge on any atom is -0.337 e. The first-order chi connectivity index (χ1) is 15.0. The molecule has 0 atom stereocenters. The van der Waals surface area contributed by atoms with Gasteiger partial charge in [-0.3, -0.25) is 19.9 Å². The summed E-state index contributed by atoms with van der Waals surface area (Å²) in [6.45, 7) is 3.58. The highest BCUT2D eigenvalue weighted by molar-refractivity contribution is 5.96. The molecule has 5 aromatic rings. The fourth-order valence-electron chi connectivity index (χ4n) is 3.34. The number of nitrogens with one attached hydrogen (secondary N) is 3. The predicted octanol–water partition coefficient (Wildman–Crippen LogP) is 4.30. The Balaban J connectivity index is 1.61. The van der Waals surface area contributed by atoms with E-state index in [-0.39, 0.29) is 22.9 Å². The molecule has 0 fully saturated rings. The number of halogens is 1. The highest BCUT2D eigenvalue weighted by Gasteiger charge is 2.20. The van der Waals surface area contributed by atoms with E-state index < -0.39 is 5.82 Å². The minimum absolute atomic E-state index is 0.111. The lowest BCUT2D eigenvalue weighted by Crippen LogP contribution is -2.17. The van der Waals surface area contributed by atoms with Crippen LogP contribution in [0.5, 0.6) is 0 Å². The van der Waals surface area contributed by atoms with Gasteiger partial charge in [0.1, 0.15) is 11.4 Å². The number of nitrogens with zero attached hydrogens (tertiary/aromatic N) is 4. The van der Waals surface area contributed by atoms with Crippen LogP contribution in [0, 0.1) is 11.7 Å². The van der Waals surface area contributed by atoms with Gasteiger partial charge >= 0.3 is 0 Å². The number of benzene rings is 1. The summed E-state index contributed by atoms with van der Waals surface area (Å²) in [4.78, 5) is 28.1. The highest BCUT2D eigenvalue weighted by Crippen LogP contribution is 2.32. The van der Waals surface area contributed by atoms with Crippen LogP contribution >= 0.6 is 0 Å². The molecule has 0 radical (unpaired) electrons. The van der Waals surface area contributed by atoms with Crippen molar-refractivity contribution < 1.29 is 9.18 Å². The normalized spacial score (nSPS) is 11.5. The van der Waals surface area contributed by atoms with Gasteiger partial charge in [-0.1, -0.05) is 26.0 Å². The predicted molar refractivity (Wildman–Crippen MR) is 116 cm³/mol. The van der Waals surface area contributed by atoms with E-state index in [1.54, 1.807) is 19.9 Å². The number of anilines is 1. The molecule has 0 spiro atoms. The molecule has 0 aliphatic heterocycles. The molecule has 1 aromatic carbocycles. The summed E-state index contributed by atoms with van der Waals surface area (Å²) in [6, 6.07) is 9.19. The number of H-pyrrole nitrogens is 2. The molecule has 4 heterocycles. The average molecular weight is 415 g/mol. The maximum Gasteiger partial charge on any atom is 0.226 e. The van der Waals surface area contributed by atoms with Gasteiger partial charge in [0.15, 0.2) is 11.6 Å². The Bertz CT molecular complexity index is 1400. The Morgan fingerprint density at radius 2 is 1.94 bits per heavy atom. The number of hydrogen-bond acceptors (Lipinski definition) is 5. The second kappa shape index (κ2) is 7.28. The standard InChI is InChI=1S/C22H18FN7O/c1-11(2)22(31)26-13-7-12(8-24-9-13)19-18(23)17-16(10-25-19)29-30-20(17)21-27-14-5-3-4-6-15(14)28-21/h3-11H,1-2H3,(H,26,31)(H,27,28)(H,29,30). The first kappa shape index (κ1) is 18.9. The number of fused-ring (bicyclic) bond motifs is 2. The lowest BCUT2D eigenvalue weighted by Gasteiger charge is -2.09. The van der Waals surface area contributed by atoms with Crippen molar-refractivity contribution in [3.8, 4) is 22.8 Å². The molecule has 0 unspecified atom stereocenters. The van der Waals surface area contributed by atoms with Crippen LogP contribution in [-0.2, 0) is 4.79 Å². The van der Waals surface area contributed by atoms with Crippen LogP contribution in [0.4, 0.5) is 10.1 Å². The number of hydrogen-bond donors (Lipinski definition) is 3. The van der Waals surface area contributed by atoms with Crippen LogP contribution < -0.4 is 5.32 Å². The second-order valence-electron chi connectivity index (χ2n) is 7.49. The molecule has 8 nitrogen and oxygen atoms in total. The fraction of sp³-hybridized carbons (Fsp3) is 0.136. The van der Waals surface area contributed by atoms with Crippen LogP contribution in [0.1, 0.15) is 13.8 Å². The van der Waals surface area contributed by atoms with Gasteiger partial charge < -0.3 is 10.3 Å². The van der Waals surface area contributed by atoms with Gasteiger partial charge in [-0.2, -0.15) is 5.10 Å². The number of aromatic nitrogens is 6. The number of rotatable bonds is 4. The van der Waals surface area contributed by atoms with Gasteiger partial charge in [-0.25, -0.2) is 9.37 Å². The second-order valence-corrected chi connectivity index (χ2v) is 7.49. The third-order valence-corrected chi connectivity index (χ3v) is 4.96. The zero-order chi connectivity index (χ0) is 21.5. The molecule has 0 bridgehead atoms. The van der Waals surface area contributed by atoms with E-state index >= 15 is 4.39 Å². The van der Waals surface area contributed by atoms with E-state index in [9.17, 15) is 4.79 Å². The molecule has 31 heavy (non-hydrogen) atoms. The third-order valence-electron chi connectivity index (χ3n) is 4.96. The van der Waals surface area contributed by atoms with Crippen molar-refractivity contribution in [1.29, 1.82) is 0 Å². The molecule has 1 amide bonds. The van der Waals surface area contributed by atoms with Crippen molar-refractivity contribution in [1.82, 2.24) is 30.1 Å². The van der Waals surface area contributed by atoms with Crippen LogP contribution in [0.3, 0.4) is 0 Å². The van der Waals surface area contributed by atoms with Crippen molar-refractivity contribution >= 4 is 33.5 Å². The summed E-state index contributed by atoms with van der Waals surface area (Å²) < 4.78 is 15.6. The lowest BCUT2D eigenvalue weighted by molar-refractivity contribution is -0.118. The number of aromatic amines is 2. The number of carbonyl (C=O) groups excluding carboxylic acids is 1. The Morgan fingerprint density at radius 1 is 1.10 bits per heavy atom. The SMILES string of the molecule is CC(C)C(=O)Nc1cncc(-c2ncc3[nH]nc(-c4nc5ccccc5[nH]4)c3c2F)c1. The van der Waals surface area contributed by atoms with Crippen molar-refractivity contribution in [2.45, 2.75) is 13.8 Å². The summed E-state index contributed by atoms with van der Waals surface area (Å²) in [7, 11) is 0. The fourth-order valence-corrected chi connectivity index (χ4v) is 3.34. The summed E-state index contributed by atoms with van der Waals surface area (Å²) in [6.07, 6.45) is 4.54. The van der Waals surface area contributed by atoms with Crippen LogP contribution in [-0.4, -0.2) is 36.0 Å². The summed E-state index contributed by atoms with van der Waals surface area (Å²) in [5, 5.41) is 10.1. The molecule has 4 aromatic heterocycles. The van der Waals surface area contributed by atoms with Crippen molar-refractivity contribution in [2.24, 2.45) is 5.92 Å². The molecule has 0 aliphatic carbocycles. The van der Waals surface area contributed by atoms with Crippen molar-refractivity contribution in [3.05, 3.63) is 54.7 Å². The Hall–Kier alpha value is -4.14. The molecule has 0 saturated carbocycles. The first-order valence-electron chi connectivity index (χ1n) is 9.75. The molecule has 5 rings (SSSR count). The van der Waals surface area contributed by atoms with Gasteiger partial charge in [0, 0.05) is 17.7 Å². The van der Waals surface area contributed by atoms with Gasteiger partial charge in [-0.15, -0.1) is 0 Å². The monoisotopic (exact) mass is 415 g/mol. The van der Waals surface area contributed by atoms with Crippen LogP contribution in [0.2, 0.25) is 0 Å².